The van der Waals surface area contributed by atoms with Crippen molar-refractivity contribution in [3.8, 4) is 0 Å². The second-order valence-electron chi connectivity index (χ2n) is 3.46. The minimum Gasteiger partial charge on any atom is -0.299 e. The Morgan fingerprint density at radius 1 is 1.36 bits per heavy atom. The predicted octanol–water partition coefficient (Wildman–Crippen LogP) is 2.94. The zero-order valence-corrected chi connectivity index (χ0v) is 8.33. The summed E-state index contributed by atoms with van der Waals surface area (Å²) in [6.45, 7) is 3.17. The molecule has 0 aliphatic rings. The molecule has 74 valence electrons. The topological polar surface area (TPSA) is 17.1 Å². The Labute approximate surface area is 83.3 Å². The van der Waals surface area contributed by atoms with Gasteiger partial charge in [0.05, 0.1) is 0 Å². The normalized spacial score (nSPS) is 15.4. The molecule has 0 saturated heterocycles. The molecule has 0 aliphatic carbocycles. The lowest BCUT2D eigenvalue weighted by Gasteiger charge is -2.05. The SMILES string of the molecule is Cc1ccccc1/C=C/[C@@](C)(F)C=O. The van der Waals surface area contributed by atoms with Crippen molar-refractivity contribution in [2.75, 3.05) is 0 Å². The first-order chi connectivity index (χ1) is 6.55. The van der Waals surface area contributed by atoms with Crippen LogP contribution in [0.2, 0.25) is 0 Å². The van der Waals surface area contributed by atoms with E-state index in [0.717, 1.165) is 11.1 Å². The van der Waals surface area contributed by atoms with Gasteiger partial charge in [0, 0.05) is 0 Å². The highest BCUT2D eigenvalue weighted by atomic mass is 19.1. The number of carbonyl (C=O) groups excluding carboxylic acids is 1. The third kappa shape index (κ3) is 2.80. The number of alkyl halides is 1. The molecule has 1 aromatic carbocycles. The molecule has 14 heavy (non-hydrogen) atoms. The summed E-state index contributed by atoms with van der Waals surface area (Å²) in [6, 6.07) is 7.62. The molecule has 0 aliphatic heterocycles. The Morgan fingerprint density at radius 3 is 2.57 bits per heavy atom. The van der Waals surface area contributed by atoms with Gasteiger partial charge in [0.1, 0.15) is 0 Å². The van der Waals surface area contributed by atoms with Gasteiger partial charge in [-0.25, -0.2) is 4.39 Å². The van der Waals surface area contributed by atoms with E-state index in [0.29, 0.717) is 6.29 Å². The summed E-state index contributed by atoms with van der Waals surface area (Å²) in [6.07, 6.45) is 3.19. The average molecular weight is 192 g/mol. The second kappa shape index (κ2) is 4.18. The maximum atomic E-state index is 13.2. The summed E-state index contributed by atoms with van der Waals surface area (Å²) in [5.41, 5.74) is 0.117. The van der Waals surface area contributed by atoms with Crippen molar-refractivity contribution in [1.82, 2.24) is 0 Å². The van der Waals surface area contributed by atoms with Crippen LogP contribution in [0.1, 0.15) is 18.1 Å². The van der Waals surface area contributed by atoms with Crippen LogP contribution in [0.15, 0.2) is 30.3 Å². The van der Waals surface area contributed by atoms with Crippen LogP contribution in [0.4, 0.5) is 4.39 Å². The third-order valence-electron chi connectivity index (χ3n) is 2.01. The minimum atomic E-state index is -1.87. The number of hydrogen-bond acceptors (Lipinski definition) is 1. The van der Waals surface area contributed by atoms with Gasteiger partial charge in [-0.1, -0.05) is 30.3 Å². The highest BCUT2D eigenvalue weighted by Gasteiger charge is 2.16. The number of carbonyl (C=O) groups is 1. The van der Waals surface area contributed by atoms with Crippen molar-refractivity contribution in [3.05, 3.63) is 41.5 Å². The highest BCUT2D eigenvalue weighted by molar-refractivity contribution is 5.69. The molecular weight excluding hydrogens is 179 g/mol. The van der Waals surface area contributed by atoms with Gasteiger partial charge in [-0.05, 0) is 31.1 Å². The monoisotopic (exact) mass is 192 g/mol. The first-order valence-corrected chi connectivity index (χ1v) is 4.45. The molecule has 0 N–H and O–H groups in total. The van der Waals surface area contributed by atoms with Crippen molar-refractivity contribution in [2.45, 2.75) is 19.5 Å². The number of allylic oxidation sites excluding steroid dienone is 1. The molecule has 1 atom stereocenters. The molecule has 0 bridgehead atoms. The Morgan fingerprint density at radius 2 is 2.00 bits per heavy atom. The standard InChI is InChI=1S/C12H13FO/c1-10-5-3-4-6-11(10)7-8-12(2,13)9-14/h3-9H,1-2H3/b8-7+/t12-/m1/s1. The molecule has 1 nitrogen and oxygen atoms in total. The van der Waals surface area contributed by atoms with Crippen molar-refractivity contribution >= 4 is 12.4 Å². The Kier molecular flexibility index (Phi) is 3.18. The molecule has 0 spiro atoms. The third-order valence-corrected chi connectivity index (χ3v) is 2.01. The number of benzene rings is 1. The Balaban J connectivity index is 2.89. The predicted molar refractivity (Wildman–Crippen MR) is 55.8 cm³/mol. The van der Waals surface area contributed by atoms with Crippen LogP contribution >= 0.6 is 0 Å². The maximum absolute atomic E-state index is 13.2. The molecule has 0 fully saturated rings. The number of hydrogen-bond donors (Lipinski definition) is 0. The smallest absolute Gasteiger partial charge is 0.181 e. The lowest BCUT2D eigenvalue weighted by molar-refractivity contribution is -0.114. The van der Waals surface area contributed by atoms with Crippen LogP contribution in [0.5, 0.6) is 0 Å². The summed E-state index contributed by atoms with van der Waals surface area (Å²) in [7, 11) is 0. The fraction of sp³-hybridized carbons (Fsp3) is 0.250. The molecule has 2 heteroatoms. The van der Waals surface area contributed by atoms with Gasteiger partial charge in [-0.15, -0.1) is 0 Å². The van der Waals surface area contributed by atoms with Crippen LogP contribution in [0.25, 0.3) is 6.08 Å². The van der Waals surface area contributed by atoms with Crippen LogP contribution in [-0.4, -0.2) is 12.0 Å². The zero-order valence-electron chi connectivity index (χ0n) is 8.33. The largest absolute Gasteiger partial charge is 0.299 e. The van der Waals surface area contributed by atoms with Crippen molar-refractivity contribution in [1.29, 1.82) is 0 Å². The molecule has 0 saturated carbocycles. The molecule has 0 aromatic heterocycles. The number of aryl methyl sites for hydroxylation is 1. The highest BCUT2D eigenvalue weighted by Crippen LogP contribution is 2.14. The second-order valence-corrected chi connectivity index (χ2v) is 3.46. The molecule has 1 aromatic rings. The lowest BCUT2D eigenvalue weighted by atomic mass is 10.1. The van der Waals surface area contributed by atoms with Crippen LogP contribution in [-0.2, 0) is 4.79 Å². The number of halogens is 1. The summed E-state index contributed by atoms with van der Waals surface area (Å²) in [5.74, 6) is 0. The van der Waals surface area contributed by atoms with E-state index in [4.69, 9.17) is 0 Å². The molecule has 0 heterocycles. The van der Waals surface area contributed by atoms with Gasteiger partial charge in [0.15, 0.2) is 12.0 Å². The van der Waals surface area contributed by atoms with Gasteiger partial charge < -0.3 is 0 Å². The van der Waals surface area contributed by atoms with Crippen LogP contribution < -0.4 is 0 Å². The van der Waals surface area contributed by atoms with Crippen molar-refractivity contribution < 1.29 is 9.18 Å². The van der Waals surface area contributed by atoms with E-state index in [1.165, 1.54) is 13.0 Å². The molecule has 0 radical (unpaired) electrons. The van der Waals surface area contributed by atoms with Crippen LogP contribution in [0, 0.1) is 6.92 Å². The summed E-state index contributed by atoms with van der Waals surface area (Å²) >= 11 is 0. The van der Waals surface area contributed by atoms with E-state index in [1.807, 2.05) is 31.2 Å². The fourth-order valence-corrected chi connectivity index (χ4v) is 1.07. The first-order valence-electron chi connectivity index (χ1n) is 4.45. The molecule has 0 unspecified atom stereocenters. The van der Waals surface area contributed by atoms with Crippen molar-refractivity contribution in [3.63, 3.8) is 0 Å². The quantitative estimate of drug-likeness (QED) is 0.673. The van der Waals surface area contributed by atoms with E-state index >= 15 is 0 Å². The van der Waals surface area contributed by atoms with Gasteiger partial charge in [0.2, 0.25) is 0 Å². The Hall–Kier alpha value is -1.44. The van der Waals surface area contributed by atoms with Gasteiger partial charge >= 0.3 is 0 Å². The fourth-order valence-electron chi connectivity index (χ4n) is 1.07. The zero-order chi connectivity index (χ0) is 10.6. The number of aldehydes is 1. The van der Waals surface area contributed by atoms with Crippen LogP contribution in [0.3, 0.4) is 0 Å². The maximum Gasteiger partial charge on any atom is 0.181 e. The van der Waals surface area contributed by atoms with E-state index in [2.05, 4.69) is 0 Å². The van der Waals surface area contributed by atoms with Gasteiger partial charge in [0.25, 0.3) is 0 Å². The molecule has 1 rings (SSSR count). The summed E-state index contributed by atoms with van der Waals surface area (Å²) < 4.78 is 13.2. The van der Waals surface area contributed by atoms with E-state index in [1.54, 1.807) is 6.08 Å². The van der Waals surface area contributed by atoms with E-state index < -0.39 is 5.67 Å². The first kappa shape index (κ1) is 10.6. The van der Waals surface area contributed by atoms with E-state index in [-0.39, 0.29) is 0 Å². The van der Waals surface area contributed by atoms with Gasteiger partial charge in [-0.3, -0.25) is 4.79 Å². The lowest BCUT2D eigenvalue weighted by Crippen LogP contribution is -2.15. The molecular formula is C12H13FO. The van der Waals surface area contributed by atoms with Crippen molar-refractivity contribution in [2.24, 2.45) is 0 Å². The Bertz CT molecular complexity index is 353. The summed E-state index contributed by atoms with van der Waals surface area (Å²) in [4.78, 5) is 10.3. The molecule has 0 amide bonds. The van der Waals surface area contributed by atoms with E-state index in [9.17, 15) is 9.18 Å². The summed E-state index contributed by atoms with van der Waals surface area (Å²) in [5, 5.41) is 0. The average Bonchev–Trinajstić information content (AvgIpc) is 2.17. The number of rotatable bonds is 3. The van der Waals surface area contributed by atoms with Gasteiger partial charge in [-0.2, -0.15) is 0 Å². The minimum absolute atomic E-state index is 0.293.